The van der Waals surface area contributed by atoms with E-state index in [1.54, 1.807) is 6.08 Å². The lowest BCUT2D eigenvalue weighted by atomic mass is 10.1. The molecular formula is C13H12F3NO. The second-order valence-corrected chi connectivity index (χ2v) is 4.18. The molecule has 0 atom stereocenters. The largest absolute Gasteiger partial charge is 0.416 e. The highest BCUT2D eigenvalue weighted by Gasteiger charge is 2.29. The number of carbonyl (C=O) groups excluding carboxylic acids is 1. The average molecular weight is 255 g/mol. The number of hydrogen-bond acceptors (Lipinski definition) is 2. The van der Waals surface area contributed by atoms with Gasteiger partial charge in [0.15, 0.2) is 5.78 Å². The molecule has 1 aromatic rings. The summed E-state index contributed by atoms with van der Waals surface area (Å²) in [5.41, 5.74) is 0.949. The van der Waals surface area contributed by atoms with Crippen molar-refractivity contribution in [1.82, 2.24) is 5.32 Å². The third-order valence-electron chi connectivity index (χ3n) is 2.78. The van der Waals surface area contributed by atoms with Gasteiger partial charge in [-0.3, -0.25) is 4.79 Å². The zero-order valence-corrected chi connectivity index (χ0v) is 9.55. The number of alkyl halides is 3. The van der Waals surface area contributed by atoms with E-state index in [-0.39, 0.29) is 5.78 Å². The molecule has 0 spiro atoms. The van der Waals surface area contributed by atoms with Crippen LogP contribution in [0.25, 0.3) is 0 Å². The number of rotatable bonds is 3. The summed E-state index contributed by atoms with van der Waals surface area (Å²) in [5.74, 6) is 0.0879. The molecule has 1 aliphatic carbocycles. The maximum Gasteiger partial charge on any atom is 0.416 e. The quantitative estimate of drug-likeness (QED) is 0.899. The molecule has 0 bridgehead atoms. The predicted octanol–water partition coefficient (Wildman–Crippen LogP) is 3.04. The highest BCUT2D eigenvalue weighted by Crippen LogP contribution is 2.29. The van der Waals surface area contributed by atoms with Crippen molar-refractivity contribution in [3.05, 3.63) is 47.2 Å². The Balaban J connectivity index is 1.95. The maximum atomic E-state index is 12.3. The molecule has 0 aliphatic heterocycles. The van der Waals surface area contributed by atoms with Crippen molar-refractivity contribution in [3.63, 3.8) is 0 Å². The van der Waals surface area contributed by atoms with Crippen molar-refractivity contribution in [1.29, 1.82) is 0 Å². The zero-order chi connectivity index (χ0) is 13.2. The van der Waals surface area contributed by atoms with Gasteiger partial charge in [0.25, 0.3) is 0 Å². The second-order valence-electron chi connectivity index (χ2n) is 4.18. The normalized spacial score (nSPS) is 15.7. The predicted molar refractivity (Wildman–Crippen MR) is 60.6 cm³/mol. The first-order valence-corrected chi connectivity index (χ1v) is 5.58. The first-order valence-electron chi connectivity index (χ1n) is 5.58. The van der Waals surface area contributed by atoms with E-state index in [9.17, 15) is 18.0 Å². The lowest BCUT2D eigenvalue weighted by molar-refractivity contribution is -0.137. The molecule has 1 N–H and O–H groups in total. The molecule has 0 amide bonds. The molecule has 1 aromatic carbocycles. The second kappa shape index (κ2) is 4.84. The monoisotopic (exact) mass is 255 g/mol. The van der Waals surface area contributed by atoms with Crippen LogP contribution in [0.2, 0.25) is 0 Å². The van der Waals surface area contributed by atoms with E-state index in [2.05, 4.69) is 5.32 Å². The number of ketones is 1. The van der Waals surface area contributed by atoms with Crippen LogP contribution in [0, 0.1) is 0 Å². The smallest absolute Gasteiger partial charge is 0.384 e. The molecule has 0 fully saturated rings. The third kappa shape index (κ3) is 3.12. The molecular weight excluding hydrogens is 243 g/mol. The lowest BCUT2D eigenvalue weighted by Crippen LogP contribution is -2.11. The van der Waals surface area contributed by atoms with Gasteiger partial charge in [0.05, 0.1) is 5.56 Å². The van der Waals surface area contributed by atoms with Crippen LogP contribution in [-0.4, -0.2) is 5.78 Å². The van der Waals surface area contributed by atoms with Gasteiger partial charge in [-0.25, -0.2) is 0 Å². The molecule has 2 rings (SSSR count). The first kappa shape index (κ1) is 12.7. The van der Waals surface area contributed by atoms with E-state index in [0.29, 0.717) is 19.4 Å². The Morgan fingerprint density at radius 1 is 1.11 bits per heavy atom. The zero-order valence-electron chi connectivity index (χ0n) is 9.55. The van der Waals surface area contributed by atoms with Crippen molar-refractivity contribution in [2.45, 2.75) is 25.6 Å². The van der Waals surface area contributed by atoms with Crippen molar-refractivity contribution in [2.24, 2.45) is 0 Å². The Morgan fingerprint density at radius 2 is 1.78 bits per heavy atom. The first-order chi connectivity index (χ1) is 8.45. The van der Waals surface area contributed by atoms with Gasteiger partial charge in [-0.1, -0.05) is 12.1 Å². The molecule has 0 saturated heterocycles. The summed E-state index contributed by atoms with van der Waals surface area (Å²) in [6.07, 6.45) is -1.56. The summed E-state index contributed by atoms with van der Waals surface area (Å²) >= 11 is 0. The van der Waals surface area contributed by atoms with Crippen molar-refractivity contribution in [2.75, 3.05) is 0 Å². The average Bonchev–Trinajstić information content (AvgIpc) is 2.72. The van der Waals surface area contributed by atoms with Crippen LogP contribution in [0.15, 0.2) is 36.0 Å². The molecule has 18 heavy (non-hydrogen) atoms. The Bertz CT molecular complexity index is 474. The van der Waals surface area contributed by atoms with Crippen LogP contribution in [0.1, 0.15) is 24.0 Å². The summed E-state index contributed by atoms with van der Waals surface area (Å²) in [7, 11) is 0. The molecule has 5 heteroatoms. The van der Waals surface area contributed by atoms with Crippen molar-refractivity contribution in [3.8, 4) is 0 Å². The maximum absolute atomic E-state index is 12.3. The van der Waals surface area contributed by atoms with E-state index in [1.807, 2.05) is 0 Å². The van der Waals surface area contributed by atoms with Crippen LogP contribution in [0.4, 0.5) is 13.2 Å². The third-order valence-corrected chi connectivity index (χ3v) is 2.78. The number of hydrogen-bond donors (Lipinski definition) is 1. The fourth-order valence-corrected chi connectivity index (χ4v) is 1.76. The summed E-state index contributed by atoms with van der Waals surface area (Å²) in [5, 5.41) is 3.05. The van der Waals surface area contributed by atoms with E-state index in [0.717, 1.165) is 23.4 Å². The van der Waals surface area contributed by atoms with Crippen LogP contribution in [0.3, 0.4) is 0 Å². The summed E-state index contributed by atoms with van der Waals surface area (Å²) in [4.78, 5) is 11.0. The molecule has 0 unspecified atom stereocenters. The van der Waals surface area contributed by atoms with E-state index >= 15 is 0 Å². The van der Waals surface area contributed by atoms with Crippen LogP contribution < -0.4 is 5.32 Å². The Hall–Kier alpha value is -1.78. The molecule has 0 saturated carbocycles. The van der Waals surface area contributed by atoms with Crippen molar-refractivity contribution >= 4 is 5.78 Å². The number of halogens is 3. The van der Waals surface area contributed by atoms with Crippen LogP contribution in [-0.2, 0) is 17.5 Å². The Labute approximate surface area is 102 Å². The van der Waals surface area contributed by atoms with Gasteiger partial charge in [-0.2, -0.15) is 13.2 Å². The van der Waals surface area contributed by atoms with E-state index < -0.39 is 11.7 Å². The minimum Gasteiger partial charge on any atom is -0.384 e. The number of nitrogens with one attached hydrogen (secondary N) is 1. The topological polar surface area (TPSA) is 29.1 Å². The fraction of sp³-hybridized carbons (Fsp3) is 0.308. The molecule has 0 aromatic heterocycles. The summed E-state index contributed by atoms with van der Waals surface area (Å²) in [6.45, 7) is 0.428. The van der Waals surface area contributed by atoms with E-state index in [1.165, 1.54) is 12.1 Å². The fourth-order valence-electron chi connectivity index (χ4n) is 1.76. The molecule has 0 heterocycles. The van der Waals surface area contributed by atoms with Gasteiger partial charge in [0.2, 0.25) is 0 Å². The summed E-state index contributed by atoms with van der Waals surface area (Å²) < 4.78 is 37.0. The molecule has 2 nitrogen and oxygen atoms in total. The lowest BCUT2D eigenvalue weighted by Gasteiger charge is -2.09. The van der Waals surface area contributed by atoms with Gasteiger partial charge >= 0.3 is 6.18 Å². The molecule has 1 aliphatic rings. The summed E-state index contributed by atoms with van der Waals surface area (Å²) in [6, 6.07) is 5.00. The molecule has 96 valence electrons. The van der Waals surface area contributed by atoms with Gasteiger partial charge in [0.1, 0.15) is 0 Å². The minimum absolute atomic E-state index is 0.0879. The number of benzene rings is 1. The highest BCUT2D eigenvalue weighted by molar-refractivity contribution is 5.92. The Kier molecular flexibility index (Phi) is 3.41. The van der Waals surface area contributed by atoms with Gasteiger partial charge in [-0.15, -0.1) is 0 Å². The van der Waals surface area contributed by atoms with Gasteiger partial charge in [-0.05, 0) is 24.1 Å². The van der Waals surface area contributed by atoms with Crippen molar-refractivity contribution < 1.29 is 18.0 Å². The Morgan fingerprint density at radius 3 is 2.28 bits per heavy atom. The van der Waals surface area contributed by atoms with E-state index in [4.69, 9.17) is 0 Å². The number of allylic oxidation sites excluding steroid dienone is 2. The standard InChI is InChI=1S/C13H12F3NO/c14-13(15,16)10-3-1-9(2-4-10)8-17-11-5-6-12(18)7-11/h1-4,7,17H,5-6,8H2. The SMILES string of the molecule is O=C1C=C(NCc2ccc(C(F)(F)F)cc2)CC1. The van der Waals surface area contributed by atoms with Gasteiger partial charge in [0, 0.05) is 24.7 Å². The minimum atomic E-state index is -4.30. The number of carbonyl (C=O) groups is 1. The highest BCUT2D eigenvalue weighted by atomic mass is 19.4. The van der Waals surface area contributed by atoms with Gasteiger partial charge < -0.3 is 5.32 Å². The van der Waals surface area contributed by atoms with Crippen LogP contribution >= 0.6 is 0 Å². The van der Waals surface area contributed by atoms with Crippen LogP contribution in [0.5, 0.6) is 0 Å². The molecule has 0 radical (unpaired) electrons.